The third kappa shape index (κ3) is 3.05. The molecule has 1 atom stereocenters. The summed E-state index contributed by atoms with van der Waals surface area (Å²) < 4.78 is 0. The standard InChI is InChI=1S/C12H15NS.C2H6/c1-9-4-6-12(2,3)7-5-10-11(9)13-8-14-10;1-2/h4-9H,1-3H3;1-2H3/b6-4-,7-5-;. The van der Waals surface area contributed by atoms with E-state index in [-0.39, 0.29) is 5.41 Å². The SMILES string of the molecule is CC.CC1/C=C\C(C)(C)/C=C\c2scnc21. The van der Waals surface area contributed by atoms with E-state index >= 15 is 0 Å². The van der Waals surface area contributed by atoms with Crippen LogP contribution in [-0.2, 0) is 0 Å². The van der Waals surface area contributed by atoms with Gasteiger partial charge < -0.3 is 0 Å². The zero-order chi connectivity index (χ0) is 12.2. The predicted molar refractivity (Wildman–Crippen MR) is 73.8 cm³/mol. The van der Waals surface area contributed by atoms with Gasteiger partial charge in [-0.1, -0.05) is 52.8 Å². The van der Waals surface area contributed by atoms with Crippen molar-refractivity contribution < 1.29 is 0 Å². The summed E-state index contributed by atoms with van der Waals surface area (Å²) in [7, 11) is 0. The van der Waals surface area contributed by atoms with Crippen LogP contribution in [0.4, 0.5) is 0 Å². The van der Waals surface area contributed by atoms with E-state index < -0.39 is 0 Å². The molecule has 1 aromatic rings. The Morgan fingerprint density at radius 2 is 1.94 bits per heavy atom. The molecule has 1 aliphatic rings. The van der Waals surface area contributed by atoms with Gasteiger partial charge in [0, 0.05) is 11.3 Å². The van der Waals surface area contributed by atoms with Crippen molar-refractivity contribution >= 4 is 17.4 Å². The second kappa shape index (κ2) is 5.44. The van der Waals surface area contributed by atoms with E-state index in [1.165, 1.54) is 10.6 Å². The van der Waals surface area contributed by atoms with E-state index in [0.29, 0.717) is 5.92 Å². The summed E-state index contributed by atoms with van der Waals surface area (Å²) in [5, 5.41) is 0. The summed E-state index contributed by atoms with van der Waals surface area (Å²) in [4.78, 5) is 5.70. The van der Waals surface area contributed by atoms with Crippen LogP contribution in [0.5, 0.6) is 0 Å². The molecule has 0 spiro atoms. The van der Waals surface area contributed by atoms with Gasteiger partial charge in [0.2, 0.25) is 0 Å². The molecule has 1 aliphatic carbocycles. The van der Waals surface area contributed by atoms with Gasteiger partial charge in [0.25, 0.3) is 0 Å². The number of thiazole rings is 1. The molecule has 0 radical (unpaired) electrons. The summed E-state index contributed by atoms with van der Waals surface area (Å²) in [5.41, 5.74) is 3.30. The minimum absolute atomic E-state index is 0.163. The molecule has 0 aromatic carbocycles. The average molecular weight is 235 g/mol. The lowest BCUT2D eigenvalue weighted by atomic mass is 9.88. The number of allylic oxidation sites excluding steroid dienone is 3. The molecule has 0 N–H and O–H groups in total. The zero-order valence-electron chi connectivity index (χ0n) is 10.8. The minimum atomic E-state index is 0.163. The van der Waals surface area contributed by atoms with Crippen LogP contribution >= 0.6 is 11.3 Å². The molecule has 1 unspecified atom stereocenters. The van der Waals surface area contributed by atoms with E-state index in [0.717, 1.165) is 0 Å². The largest absolute Gasteiger partial charge is 0.248 e. The number of nitrogens with zero attached hydrogens (tertiary/aromatic N) is 1. The van der Waals surface area contributed by atoms with E-state index in [2.05, 4.69) is 50.1 Å². The molecule has 1 nitrogen and oxygen atoms in total. The first-order valence-corrected chi connectivity index (χ1v) is 6.78. The molecular weight excluding hydrogens is 214 g/mol. The van der Waals surface area contributed by atoms with Gasteiger partial charge in [-0.3, -0.25) is 0 Å². The summed E-state index contributed by atoms with van der Waals surface area (Å²) in [6.07, 6.45) is 8.96. The Bertz CT molecular complexity index is 385. The average Bonchev–Trinajstić information content (AvgIpc) is 2.73. The first-order valence-electron chi connectivity index (χ1n) is 5.90. The van der Waals surface area contributed by atoms with Crippen molar-refractivity contribution in [2.24, 2.45) is 5.41 Å². The Kier molecular flexibility index (Phi) is 4.48. The molecule has 1 aromatic heterocycles. The van der Waals surface area contributed by atoms with Crippen molar-refractivity contribution in [2.75, 3.05) is 0 Å². The van der Waals surface area contributed by atoms with E-state index in [9.17, 15) is 0 Å². The van der Waals surface area contributed by atoms with Gasteiger partial charge in [-0.15, -0.1) is 11.3 Å². The fourth-order valence-corrected chi connectivity index (χ4v) is 2.35. The molecular formula is C14H21NS. The molecule has 0 bridgehead atoms. The normalized spacial score (nSPS) is 25.4. The van der Waals surface area contributed by atoms with Crippen molar-refractivity contribution in [1.29, 1.82) is 0 Å². The summed E-state index contributed by atoms with van der Waals surface area (Å²) in [6.45, 7) is 10.6. The molecule has 0 fully saturated rings. The third-order valence-corrected chi connectivity index (χ3v) is 3.34. The number of hydrogen-bond donors (Lipinski definition) is 0. The third-order valence-electron chi connectivity index (χ3n) is 2.53. The van der Waals surface area contributed by atoms with Crippen LogP contribution in [0.1, 0.15) is 51.1 Å². The fourth-order valence-electron chi connectivity index (χ4n) is 1.56. The summed E-state index contributed by atoms with van der Waals surface area (Å²) >= 11 is 1.72. The van der Waals surface area contributed by atoms with Crippen LogP contribution in [0.3, 0.4) is 0 Å². The van der Waals surface area contributed by atoms with Gasteiger partial charge in [-0.2, -0.15) is 0 Å². The van der Waals surface area contributed by atoms with Crippen molar-refractivity contribution in [3.8, 4) is 0 Å². The van der Waals surface area contributed by atoms with Gasteiger partial charge in [-0.25, -0.2) is 4.98 Å². The Morgan fingerprint density at radius 1 is 1.25 bits per heavy atom. The number of fused-ring (bicyclic) bond motifs is 1. The number of aromatic nitrogens is 1. The highest BCUT2D eigenvalue weighted by Gasteiger charge is 2.16. The van der Waals surface area contributed by atoms with Crippen LogP contribution < -0.4 is 0 Å². The predicted octanol–water partition coefficient (Wildman–Crippen LogP) is 4.88. The van der Waals surface area contributed by atoms with Gasteiger partial charge in [0.05, 0.1) is 16.1 Å². The second-order valence-electron chi connectivity index (χ2n) is 4.40. The van der Waals surface area contributed by atoms with Crippen molar-refractivity contribution in [3.05, 3.63) is 34.3 Å². The second-order valence-corrected chi connectivity index (χ2v) is 5.29. The van der Waals surface area contributed by atoms with Gasteiger partial charge in [0.1, 0.15) is 0 Å². The molecule has 0 aliphatic heterocycles. The Balaban J connectivity index is 0.000000606. The van der Waals surface area contributed by atoms with Crippen LogP contribution in [0.2, 0.25) is 0 Å². The lowest BCUT2D eigenvalue weighted by molar-refractivity contribution is 0.622. The van der Waals surface area contributed by atoms with Crippen molar-refractivity contribution in [3.63, 3.8) is 0 Å². The molecule has 0 saturated heterocycles. The Morgan fingerprint density at radius 3 is 2.62 bits per heavy atom. The molecule has 2 rings (SSSR count). The molecule has 2 heteroatoms. The summed E-state index contributed by atoms with van der Waals surface area (Å²) in [5.74, 6) is 0.431. The maximum absolute atomic E-state index is 4.40. The Hall–Kier alpha value is -0.890. The lowest BCUT2D eigenvalue weighted by Gasteiger charge is -2.18. The van der Waals surface area contributed by atoms with Crippen LogP contribution in [0.15, 0.2) is 23.7 Å². The monoisotopic (exact) mass is 235 g/mol. The molecule has 0 amide bonds. The van der Waals surface area contributed by atoms with Crippen LogP contribution in [-0.4, -0.2) is 4.98 Å². The smallest absolute Gasteiger partial charge is 0.0801 e. The van der Waals surface area contributed by atoms with Crippen molar-refractivity contribution in [1.82, 2.24) is 4.98 Å². The van der Waals surface area contributed by atoms with Crippen LogP contribution in [0.25, 0.3) is 6.08 Å². The Labute approximate surface area is 103 Å². The zero-order valence-corrected chi connectivity index (χ0v) is 11.6. The minimum Gasteiger partial charge on any atom is -0.248 e. The molecule has 16 heavy (non-hydrogen) atoms. The first-order chi connectivity index (χ1) is 7.58. The highest BCUT2D eigenvalue weighted by atomic mass is 32.1. The fraction of sp³-hybridized carbons (Fsp3) is 0.500. The van der Waals surface area contributed by atoms with Gasteiger partial charge >= 0.3 is 0 Å². The lowest BCUT2D eigenvalue weighted by Crippen LogP contribution is -2.05. The number of hydrogen-bond acceptors (Lipinski definition) is 2. The van der Waals surface area contributed by atoms with E-state index in [1.807, 2.05) is 19.4 Å². The van der Waals surface area contributed by atoms with E-state index in [4.69, 9.17) is 0 Å². The van der Waals surface area contributed by atoms with Crippen LogP contribution in [0, 0.1) is 5.41 Å². The maximum Gasteiger partial charge on any atom is 0.0801 e. The summed E-state index contributed by atoms with van der Waals surface area (Å²) in [6, 6.07) is 0. The number of rotatable bonds is 0. The van der Waals surface area contributed by atoms with Gasteiger partial charge in [-0.05, 0) is 6.08 Å². The first kappa shape index (κ1) is 13.2. The quantitative estimate of drug-likeness (QED) is 0.584. The highest BCUT2D eigenvalue weighted by Crippen LogP contribution is 2.31. The molecule has 0 saturated carbocycles. The topological polar surface area (TPSA) is 12.9 Å². The van der Waals surface area contributed by atoms with E-state index in [1.54, 1.807) is 11.3 Å². The molecule has 88 valence electrons. The molecule has 1 heterocycles. The highest BCUT2D eigenvalue weighted by molar-refractivity contribution is 7.10. The van der Waals surface area contributed by atoms with Gasteiger partial charge in [0.15, 0.2) is 0 Å². The maximum atomic E-state index is 4.40. The van der Waals surface area contributed by atoms with Crippen molar-refractivity contribution in [2.45, 2.75) is 40.5 Å².